The third-order valence-electron chi connectivity index (χ3n) is 4.83. The van der Waals surface area contributed by atoms with Gasteiger partial charge in [0, 0.05) is 0 Å². The van der Waals surface area contributed by atoms with E-state index < -0.39 is 5.97 Å². The summed E-state index contributed by atoms with van der Waals surface area (Å²) in [6.07, 6.45) is 5.04. The molecule has 0 saturated heterocycles. The lowest BCUT2D eigenvalue weighted by Gasteiger charge is -2.18. The molecule has 1 N–H and O–H groups in total. The van der Waals surface area contributed by atoms with Crippen LogP contribution in [0.5, 0.6) is 0 Å². The average molecular weight is 324 g/mol. The van der Waals surface area contributed by atoms with Gasteiger partial charge in [-0.2, -0.15) is 0 Å². The van der Waals surface area contributed by atoms with E-state index in [1.807, 2.05) is 6.07 Å². The summed E-state index contributed by atoms with van der Waals surface area (Å²) in [4.78, 5) is 11.6. The summed E-state index contributed by atoms with van der Waals surface area (Å²) in [6, 6.07) is 14.3. The van der Waals surface area contributed by atoms with E-state index in [0.29, 0.717) is 5.56 Å². The molecule has 2 heteroatoms. The van der Waals surface area contributed by atoms with Crippen molar-refractivity contribution in [3.8, 4) is 0 Å². The van der Waals surface area contributed by atoms with Crippen molar-refractivity contribution in [3.05, 3.63) is 70.3 Å². The molecule has 0 heterocycles. The van der Waals surface area contributed by atoms with Crippen molar-refractivity contribution in [2.24, 2.45) is 0 Å². The average Bonchev–Trinajstić information content (AvgIpc) is 2.60. The minimum atomic E-state index is -0.821. The Morgan fingerprint density at radius 2 is 1.50 bits per heavy atom. The highest BCUT2D eigenvalue weighted by Gasteiger charge is 2.18. The topological polar surface area (TPSA) is 37.3 Å². The van der Waals surface area contributed by atoms with Crippen molar-refractivity contribution in [2.75, 3.05) is 0 Å². The Hall–Kier alpha value is -2.09. The first-order valence-electron chi connectivity index (χ1n) is 9.00. The number of carboxylic acids is 1. The lowest BCUT2D eigenvalue weighted by atomic mass is 9.86. The van der Waals surface area contributed by atoms with Crippen LogP contribution in [0.4, 0.5) is 0 Å². The molecule has 0 aliphatic rings. The molecule has 0 fully saturated rings. The number of aryl methyl sites for hydroxylation is 3. The molecule has 2 aromatic carbocycles. The van der Waals surface area contributed by atoms with E-state index in [-0.39, 0.29) is 5.92 Å². The second-order valence-electron chi connectivity index (χ2n) is 6.51. The molecule has 0 aromatic heterocycles. The molecule has 1 unspecified atom stereocenters. The van der Waals surface area contributed by atoms with Gasteiger partial charge in [-0.25, -0.2) is 4.79 Å². The molecule has 0 aliphatic carbocycles. The predicted molar refractivity (Wildman–Crippen MR) is 100.0 cm³/mol. The Labute approximate surface area is 145 Å². The molecule has 1 atom stereocenters. The maximum Gasteiger partial charge on any atom is 0.335 e. The van der Waals surface area contributed by atoms with Gasteiger partial charge in [0.15, 0.2) is 0 Å². The first-order chi connectivity index (χ1) is 11.6. The molecule has 24 heavy (non-hydrogen) atoms. The van der Waals surface area contributed by atoms with Crippen LogP contribution in [0.1, 0.15) is 72.1 Å². The van der Waals surface area contributed by atoms with Crippen molar-refractivity contribution >= 4 is 5.97 Å². The van der Waals surface area contributed by atoms with Gasteiger partial charge >= 0.3 is 5.97 Å². The summed E-state index contributed by atoms with van der Waals surface area (Å²) >= 11 is 0. The van der Waals surface area contributed by atoms with Gasteiger partial charge < -0.3 is 5.11 Å². The van der Waals surface area contributed by atoms with Crippen molar-refractivity contribution < 1.29 is 9.90 Å². The summed E-state index contributed by atoms with van der Waals surface area (Å²) in [6.45, 7) is 6.44. The Bertz CT molecular complexity index is 688. The first kappa shape index (κ1) is 18.3. The highest BCUT2D eigenvalue weighted by Crippen LogP contribution is 2.28. The maximum absolute atomic E-state index is 11.6. The molecule has 0 saturated carbocycles. The number of carboxylic acid groups (broad SMARTS) is 1. The maximum atomic E-state index is 11.6. The van der Waals surface area contributed by atoms with E-state index in [9.17, 15) is 9.90 Å². The van der Waals surface area contributed by atoms with Gasteiger partial charge in [0.25, 0.3) is 0 Å². The van der Waals surface area contributed by atoms with E-state index in [4.69, 9.17) is 0 Å². The largest absolute Gasteiger partial charge is 0.478 e. The Kier molecular flexibility index (Phi) is 6.60. The highest BCUT2D eigenvalue weighted by molar-refractivity contribution is 5.90. The second-order valence-corrected chi connectivity index (χ2v) is 6.51. The second kappa shape index (κ2) is 8.68. The summed E-state index contributed by atoms with van der Waals surface area (Å²) in [7, 11) is 0. The van der Waals surface area contributed by atoms with Crippen LogP contribution in [0.2, 0.25) is 0 Å². The summed E-state index contributed by atoms with van der Waals surface area (Å²) in [5, 5.41) is 9.53. The molecule has 2 rings (SSSR count). The standard InChI is InChI=1S/C22H28O2/c1-4-9-17-10-6-7-11-18(17)14-15-19-12-8-13-20(22(23)24)21(19)16(3)5-2/h6-8,10-13,16H,4-5,9,14-15H2,1-3H3,(H,23,24). The monoisotopic (exact) mass is 324 g/mol. The molecule has 0 aliphatic heterocycles. The van der Waals surface area contributed by atoms with Crippen LogP contribution in [0.3, 0.4) is 0 Å². The van der Waals surface area contributed by atoms with Crippen molar-refractivity contribution in [1.82, 2.24) is 0 Å². The third kappa shape index (κ3) is 4.25. The summed E-state index contributed by atoms with van der Waals surface area (Å²) < 4.78 is 0. The number of benzene rings is 2. The molecule has 2 aromatic rings. The SMILES string of the molecule is CCCc1ccccc1CCc1cccc(C(=O)O)c1C(C)CC. The quantitative estimate of drug-likeness (QED) is 0.682. The molecule has 2 nitrogen and oxygen atoms in total. The van der Waals surface area contributed by atoms with Gasteiger partial charge in [-0.3, -0.25) is 0 Å². The van der Waals surface area contributed by atoms with Gasteiger partial charge in [-0.05, 0) is 59.9 Å². The predicted octanol–water partition coefficient (Wildman–Crippen LogP) is 5.64. The first-order valence-corrected chi connectivity index (χ1v) is 9.00. The number of rotatable bonds is 8. The van der Waals surface area contributed by atoms with Crippen molar-refractivity contribution in [2.45, 2.75) is 58.8 Å². The summed E-state index contributed by atoms with van der Waals surface area (Å²) in [5.74, 6) is -0.559. The van der Waals surface area contributed by atoms with Gasteiger partial charge in [0.2, 0.25) is 0 Å². The molecule has 0 amide bonds. The normalized spacial score (nSPS) is 12.1. The van der Waals surface area contributed by atoms with Crippen LogP contribution in [0.25, 0.3) is 0 Å². The fraction of sp³-hybridized carbons (Fsp3) is 0.409. The highest BCUT2D eigenvalue weighted by atomic mass is 16.4. The van der Waals surface area contributed by atoms with Crippen LogP contribution >= 0.6 is 0 Å². The molecular weight excluding hydrogens is 296 g/mol. The van der Waals surface area contributed by atoms with E-state index in [1.54, 1.807) is 6.07 Å². The number of hydrogen-bond acceptors (Lipinski definition) is 1. The Morgan fingerprint density at radius 3 is 2.08 bits per heavy atom. The van der Waals surface area contributed by atoms with E-state index in [1.165, 1.54) is 16.7 Å². The minimum Gasteiger partial charge on any atom is -0.478 e. The van der Waals surface area contributed by atoms with E-state index >= 15 is 0 Å². The van der Waals surface area contributed by atoms with E-state index in [0.717, 1.165) is 37.7 Å². The van der Waals surface area contributed by atoms with Gasteiger partial charge in [0.05, 0.1) is 5.56 Å². The zero-order valence-electron chi connectivity index (χ0n) is 15.0. The molecule has 0 bridgehead atoms. The van der Waals surface area contributed by atoms with Crippen LogP contribution < -0.4 is 0 Å². The van der Waals surface area contributed by atoms with E-state index in [2.05, 4.69) is 51.1 Å². The number of aromatic carboxylic acids is 1. The third-order valence-corrected chi connectivity index (χ3v) is 4.83. The smallest absolute Gasteiger partial charge is 0.335 e. The van der Waals surface area contributed by atoms with Crippen molar-refractivity contribution in [3.63, 3.8) is 0 Å². The lowest BCUT2D eigenvalue weighted by molar-refractivity contribution is 0.0695. The van der Waals surface area contributed by atoms with Gasteiger partial charge in [-0.15, -0.1) is 0 Å². The van der Waals surface area contributed by atoms with Gasteiger partial charge in [0.1, 0.15) is 0 Å². The van der Waals surface area contributed by atoms with Crippen LogP contribution in [0.15, 0.2) is 42.5 Å². The van der Waals surface area contributed by atoms with Crippen LogP contribution in [-0.4, -0.2) is 11.1 Å². The van der Waals surface area contributed by atoms with Crippen molar-refractivity contribution in [1.29, 1.82) is 0 Å². The number of hydrogen-bond donors (Lipinski definition) is 1. The molecule has 0 radical (unpaired) electrons. The zero-order chi connectivity index (χ0) is 17.5. The number of carbonyl (C=O) groups is 1. The molecule has 128 valence electrons. The zero-order valence-corrected chi connectivity index (χ0v) is 15.0. The van der Waals surface area contributed by atoms with Crippen LogP contribution in [0, 0.1) is 0 Å². The fourth-order valence-electron chi connectivity index (χ4n) is 3.39. The Balaban J connectivity index is 2.30. The minimum absolute atomic E-state index is 0.262. The Morgan fingerprint density at radius 1 is 0.917 bits per heavy atom. The van der Waals surface area contributed by atoms with Gasteiger partial charge in [-0.1, -0.05) is 63.6 Å². The lowest BCUT2D eigenvalue weighted by Crippen LogP contribution is -2.10. The molecule has 0 spiro atoms. The van der Waals surface area contributed by atoms with Crippen LogP contribution in [-0.2, 0) is 19.3 Å². The molecular formula is C22H28O2. The fourth-order valence-corrected chi connectivity index (χ4v) is 3.39. The summed E-state index contributed by atoms with van der Waals surface area (Å²) in [5.41, 5.74) is 5.45.